The van der Waals surface area contributed by atoms with E-state index in [-0.39, 0.29) is 48.5 Å². The Bertz CT molecular complexity index is 2160. The maximum Gasteiger partial charge on any atom is 0.331 e. The summed E-state index contributed by atoms with van der Waals surface area (Å²) in [6.07, 6.45) is 1.92. The van der Waals surface area contributed by atoms with E-state index in [2.05, 4.69) is 34.2 Å². The normalized spacial score (nSPS) is 29.0. The Kier molecular flexibility index (Phi) is 8.73. The van der Waals surface area contributed by atoms with Crippen LogP contribution >= 0.6 is 11.8 Å². The fourth-order valence-electron chi connectivity index (χ4n) is 10.3. The average molecular weight is 771 g/mol. The first kappa shape index (κ1) is 36.1. The van der Waals surface area contributed by atoms with Crippen LogP contribution in [0, 0.1) is 25.2 Å². The molecule has 3 aromatic rings. The molecular formula is C41H46N4O9S. The lowest BCUT2D eigenvalue weighted by Gasteiger charge is -2.62. The molecule has 3 aromatic carbocycles. The maximum absolute atomic E-state index is 14.8. The fourth-order valence-corrected chi connectivity index (χ4v) is 12.0. The molecule has 4 bridgehead atoms. The van der Waals surface area contributed by atoms with E-state index in [0.717, 1.165) is 45.4 Å². The molecule has 10 rings (SSSR count). The number of esters is 1. The summed E-state index contributed by atoms with van der Waals surface area (Å²) in [7, 11) is 5.11. The van der Waals surface area contributed by atoms with Gasteiger partial charge in [-0.25, -0.2) is 4.79 Å². The molecule has 290 valence electrons. The third-order valence-corrected chi connectivity index (χ3v) is 14.1. The molecule has 0 aromatic heterocycles. The van der Waals surface area contributed by atoms with Gasteiger partial charge in [0.2, 0.25) is 6.79 Å². The molecule has 0 saturated carbocycles. The first-order valence-corrected chi connectivity index (χ1v) is 20.0. The van der Waals surface area contributed by atoms with Gasteiger partial charge in [-0.1, -0.05) is 13.0 Å². The quantitative estimate of drug-likeness (QED) is 0.303. The van der Waals surface area contributed by atoms with Crippen LogP contribution in [0.4, 0.5) is 0 Å². The van der Waals surface area contributed by atoms with Crippen LogP contribution in [0.15, 0.2) is 18.2 Å². The molecule has 3 N–H and O–H groups in total. The highest BCUT2D eigenvalue weighted by molar-refractivity contribution is 7.99. The minimum Gasteiger partial charge on any atom is -0.504 e. The number of nitrogens with one attached hydrogen (secondary N) is 1. The molecule has 1 spiro atoms. The van der Waals surface area contributed by atoms with Crippen molar-refractivity contribution in [2.75, 3.05) is 53.6 Å². The van der Waals surface area contributed by atoms with Crippen molar-refractivity contribution in [3.05, 3.63) is 62.7 Å². The Hall–Kier alpha value is -4.55. The van der Waals surface area contributed by atoms with E-state index in [9.17, 15) is 20.3 Å². The molecule has 0 radical (unpaired) electrons. The number of nitriles is 1. The van der Waals surface area contributed by atoms with Gasteiger partial charge in [0, 0.05) is 46.6 Å². The van der Waals surface area contributed by atoms with E-state index in [1.54, 1.807) is 31.0 Å². The minimum atomic E-state index is -1.29. The summed E-state index contributed by atoms with van der Waals surface area (Å²) in [5.74, 6) is 2.47. The molecule has 0 amide bonds. The van der Waals surface area contributed by atoms with Gasteiger partial charge in [-0.15, -0.1) is 11.8 Å². The molecule has 7 atom stereocenters. The van der Waals surface area contributed by atoms with Crippen LogP contribution in [0.2, 0.25) is 0 Å². The topological polar surface area (TPSA) is 155 Å². The molecule has 0 aliphatic carbocycles. The number of hydrogen-bond acceptors (Lipinski definition) is 14. The summed E-state index contributed by atoms with van der Waals surface area (Å²) in [5.41, 5.74) is 5.39. The van der Waals surface area contributed by atoms with Gasteiger partial charge in [-0.05, 0) is 74.5 Å². The Morgan fingerprint density at radius 2 is 1.85 bits per heavy atom. The molecule has 7 aliphatic heterocycles. The highest BCUT2D eigenvalue weighted by atomic mass is 32.2. The van der Waals surface area contributed by atoms with Crippen molar-refractivity contribution in [2.24, 2.45) is 0 Å². The van der Waals surface area contributed by atoms with Crippen LogP contribution in [0.5, 0.6) is 40.2 Å². The van der Waals surface area contributed by atoms with Crippen LogP contribution in [-0.2, 0) is 27.9 Å². The second-order valence-electron chi connectivity index (χ2n) is 15.3. The predicted molar refractivity (Wildman–Crippen MR) is 202 cm³/mol. The average Bonchev–Trinajstić information content (AvgIpc) is 3.67. The number of ether oxygens (including phenoxy) is 6. The number of carbonyl (C=O) groups excluding carboxylic acids is 1. The maximum atomic E-state index is 14.8. The van der Waals surface area contributed by atoms with E-state index in [0.29, 0.717) is 54.6 Å². The highest BCUT2D eigenvalue weighted by Gasteiger charge is 2.61. The lowest BCUT2D eigenvalue weighted by molar-refractivity contribution is -0.157. The van der Waals surface area contributed by atoms with Crippen LogP contribution in [0.25, 0.3) is 0 Å². The van der Waals surface area contributed by atoms with E-state index < -0.39 is 34.9 Å². The van der Waals surface area contributed by atoms with Crippen molar-refractivity contribution in [2.45, 2.75) is 81.0 Å². The van der Waals surface area contributed by atoms with Crippen molar-refractivity contribution >= 4 is 17.7 Å². The van der Waals surface area contributed by atoms with Crippen molar-refractivity contribution < 1.29 is 43.4 Å². The van der Waals surface area contributed by atoms with E-state index in [1.165, 1.54) is 7.11 Å². The number of carbonyl (C=O) groups is 1. The molecule has 2 saturated heterocycles. The number of aryl methyl sites for hydroxylation is 1. The number of phenolic OH excluding ortho intramolecular Hbond substituents is 2. The van der Waals surface area contributed by atoms with Crippen molar-refractivity contribution in [1.82, 2.24) is 15.1 Å². The van der Waals surface area contributed by atoms with Crippen LogP contribution in [0.1, 0.15) is 75.2 Å². The molecule has 7 heterocycles. The lowest BCUT2D eigenvalue weighted by Crippen LogP contribution is -2.69. The van der Waals surface area contributed by atoms with E-state index >= 15 is 0 Å². The number of methoxy groups -OCH3 is 2. The number of benzene rings is 3. The zero-order valence-corrected chi connectivity index (χ0v) is 32.7. The summed E-state index contributed by atoms with van der Waals surface area (Å²) >= 11 is 1.60. The number of nitrogens with zero attached hydrogens (tertiary/aromatic N) is 3. The fraction of sp³-hybridized carbons (Fsp3) is 0.512. The Morgan fingerprint density at radius 3 is 2.60 bits per heavy atom. The van der Waals surface area contributed by atoms with Crippen LogP contribution < -0.4 is 29.0 Å². The number of rotatable bonds is 5. The number of piperazine rings is 1. The van der Waals surface area contributed by atoms with Gasteiger partial charge < -0.3 is 38.6 Å². The van der Waals surface area contributed by atoms with Gasteiger partial charge >= 0.3 is 5.97 Å². The number of likely N-dealkylation sites (N-methyl/N-ethyl adjacent to an activating group) is 1. The van der Waals surface area contributed by atoms with Crippen molar-refractivity contribution in [3.63, 3.8) is 0 Å². The summed E-state index contributed by atoms with van der Waals surface area (Å²) in [5, 5.41) is 37.2. The minimum absolute atomic E-state index is 0.0101. The first-order chi connectivity index (χ1) is 26.6. The van der Waals surface area contributed by atoms with Gasteiger partial charge in [-0.3, -0.25) is 15.1 Å². The molecule has 2 fully saturated rings. The van der Waals surface area contributed by atoms with Crippen molar-refractivity contribution in [3.8, 4) is 46.3 Å². The van der Waals surface area contributed by atoms with E-state index in [1.807, 2.05) is 20.9 Å². The largest absolute Gasteiger partial charge is 0.504 e. The highest BCUT2D eigenvalue weighted by Crippen LogP contribution is 2.64. The first-order valence-electron chi connectivity index (χ1n) is 18.9. The summed E-state index contributed by atoms with van der Waals surface area (Å²) in [6.45, 7) is 6.88. The van der Waals surface area contributed by atoms with Gasteiger partial charge in [0.25, 0.3) is 0 Å². The zero-order valence-electron chi connectivity index (χ0n) is 31.9. The van der Waals surface area contributed by atoms with Gasteiger partial charge in [-0.2, -0.15) is 5.26 Å². The summed E-state index contributed by atoms with van der Waals surface area (Å²) < 4.78 is 37.0. The Balaban J connectivity index is 1.33. The van der Waals surface area contributed by atoms with Crippen molar-refractivity contribution in [1.29, 1.82) is 5.26 Å². The Labute approximate surface area is 324 Å². The molecule has 13 nitrogen and oxygen atoms in total. The predicted octanol–water partition coefficient (Wildman–Crippen LogP) is 4.85. The number of aromatic hydroxyl groups is 2. The molecule has 7 aliphatic rings. The van der Waals surface area contributed by atoms with Gasteiger partial charge in [0.1, 0.15) is 18.4 Å². The third-order valence-electron chi connectivity index (χ3n) is 12.6. The Morgan fingerprint density at radius 1 is 1.05 bits per heavy atom. The lowest BCUT2D eigenvalue weighted by atomic mass is 9.71. The number of phenols is 2. The molecule has 14 heteroatoms. The summed E-state index contributed by atoms with van der Waals surface area (Å²) in [4.78, 5) is 19.3. The number of thioether (sulfide) groups is 1. The van der Waals surface area contributed by atoms with Gasteiger partial charge in [0.15, 0.2) is 40.0 Å². The second-order valence-corrected chi connectivity index (χ2v) is 16.5. The molecule has 55 heavy (non-hydrogen) atoms. The van der Waals surface area contributed by atoms with Crippen LogP contribution in [0.3, 0.4) is 0 Å². The third kappa shape index (κ3) is 4.98. The molecule has 1 unspecified atom stereocenters. The standard InChI is InChI=1S/C41H46N4O9S/c1-7-10-51-36-20(3)37-38(54-18-53-37)30-26-16-52-40(48)41(23-14-28(49-5)27(46)13-21(23)8-9-43-41)17-55-39(31(30)36)33-32-29-22(11-19(2)35(50-6)34(29)47)12-24(44(32)4)25(15-42)45(26)33/h11,13-14,24-26,32-33,39,43,46-47H,7-10,12,16-18H2,1-6H3/t24-,25-,26+,32+,33?,39+,41+/m0/s1. The van der Waals surface area contributed by atoms with E-state index in [4.69, 9.17) is 28.4 Å². The monoisotopic (exact) mass is 770 g/mol. The SMILES string of the molecule is CCCOc1c(C)c2c(c3c1[C@H]1SC[C@]4(NCCc5cc(O)c(OC)cc54)C(=O)OC[C@H]3N3C1[C@H]1c4c(cc(C)c(OC)c4O)C[C@@H]([C@@H]3C#N)N1C)OCO2. The number of fused-ring (bicyclic) bond motifs is 9. The second kappa shape index (κ2) is 13.3. The molecular weight excluding hydrogens is 725 g/mol. The summed E-state index contributed by atoms with van der Waals surface area (Å²) in [6, 6.07) is 5.93. The smallest absolute Gasteiger partial charge is 0.331 e. The zero-order chi connectivity index (χ0) is 38.5. The number of hydrogen-bond donors (Lipinski definition) is 3. The van der Waals surface area contributed by atoms with Gasteiger partial charge in [0.05, 0.1) is 44.2 Å². The van der Waals surface area contributed by atoms with Crippen LogP contribution in [-0.4, -0.2) is 97.7 Å².